The van der Waals surface area contributed by atoms with Gasteiger partial charge in [0.2, 0.25) is 0 Å². The number of sulfonamides is 1. The molecule has 0 fully saturated rings. The molecule has 0 bridgehead atoms. The molecule has 10 heteroatoms. The van der Waals surface area contributed by atoms with Crippen molar-refractivity contribution >= 4 is 33.8 Å². The van der Waals surface area contributed by atoms with Crippen LogP contribution < -0.4 is 19.0 Å². The molecule has 34 heavy (non-hydrogen) atoms. The molecule has 178 valence electrons. The maximum atomic E-state index is 12.5. The molecular weight excluding hydrogens is 480 g/mol. The van der Waals surface area contributed by atoms with Gasteiger partial charge in [-0.1, -0.05) is 18.5 Å². The summed E-state index contributed by atoms with van der Waals surface area (Å²) >= 11 is 5.78. The van der Waals surface area contributed by atoms with Gasteiger partial charge in [-0.2, -0.15) is 13.5 Å². The number of hydrogen-bond acceptors (Lipinski definition) is 7. The van der Waals surface area contributed by atoms with Crippen LogP contribution in [-0.2, 0) is 10.0 Å². The van der Waals surface area contributed by atoms with Crippen LogP contribution in [0.15, 0.2) is 76.7 Å². The minimum absolute atomic E-state index is 0.0267. The lowest BCUT2D eigenvalue weighted by Crippen LogP contribution is -2.18. The predicted octanol–water partition coefficient (Wildman–Crippen LogP) is 4.67. The van der Waals surface area contributed by atoms with Crippen molar-refractivity contribution in [1.29, 1.82) is 0 Å². The lowest BCUT2D eigenvalue weighted by molar-refractivity contribution is 0.0729. The van der Waals surface area contributed by atoms with Crippen molar-refractivity contribution in [3.05, 3.63) is 82.9 Å². The molecule has 0 heterocycles. The van der Waals surface area contributed by atoms with Gasteiger partial charge < -0.3 is 14.2 Å². The third-order valence-electron chi connectivity index (χ3n) is 4.46. The summed E-state index contributed by atoms with van der Waals surface area (Å²) in [6.45, 7) is 2.61. The number of rotatable bonds is 10. The van der Waals surface area contributed by atoms with Crippen molar-refractivity contribution in [3.8, 4) is 17.2 Å². The van der Waals surface area contributed by atoms with E-state index in [1.807, 2.05) is 6.92 Å². The lowest BCUT2D eigenvalue weighted by Gasteiger charge is -2.10. The molecule has 3 aromatic rings. The minimum Gasteiger partial charge on any atom is -0.494 e. The summed E-state index contributed by atoms with van der Waals surface area (Å²) in [6, 6.07) is 17.0. The van der Waals surface area contributed by atoms with Crippen LogP contribution in [0.3, 0.4) is 0 Å². The van der Waals surface area contributed by atoms with E-state index in [9.17, 15) is 13.2 Å². The van der Waals surface area contributed by atoms with Crippen molar-refractivity contribution in [2.75, 3.05) is 13.7 Å². The fourth-order valence-electron chi connectivity index (χ4n) is 2.75. The average Bonchev–Trinajstić information content (AvgIpc) is 2.84. The van der Waals surface area contributed by atoms with E-state index in [1.165, 1.54) is 43.7 Å². The number of esters is 1. The first-order valence-corrected chi connectivity index (χ1v) is 12.1. The smallest absolute Gasteiger partial charge is 0.343 e. The zero-order valence-corrected chi connectivity index (χ0v) is 20.1. The molecule has 0 amide bonds. The van der Waals surface area contributed by atoms with E-state index < -0.39 is 16.0 Å². The highest BCUT2D eigenvalue weighted by atomic mass is 35.5. The SMILES string of the molecule is CCCOc1ccc(C(=O)Oc2ccc(/C=N\NS(=O)(=O)c3ccc(Cl)cc3)cc2OC)cc1. The van der Waals surface area contributed by atoms with Gasteiger partial charge in [0.15, 0.2) is 11.5 Å². The molecule has 0 aromatic heterocycles. The van der Waals surface area contributed by atoms with Crippen molar-refractivity contribution in [1.82, 2.24) is 4.83 Å². The van der Waals surface area contributed by atoms with Crippen LogP contribution in [-0.4, -0.2) is 34.3 Å². The fourth-order valence-corrected chi connectivity index (χ4v) is 3.67. The number of carbonyl (C=O) groups is 1. The molecule has 0 aliphatic rings. The topological polar surface area (TPSA) is 103 Å². The van der Waals surface area contributed by atoms with Crippen LogP contribution in [0, 0.1) is 0 Å². The molecule has 1 N–H and O–H groups in total. The third-order valence-corrected chi connectivity index (χ3v) is 5.95. The highest BCUT2D eigenvalue weighted by Gasteiger charge is 2.14. The monoisotopic (exact) mass is 502 g/mol. The Bertz CT molecular complexity index is 1260. The number of carbonyl (C=O) groups excluding carboxylic acids is 1. The number of nitrogens with one attached hydrogen (secondary N) is 1. The van der Waals surface area contributed by atoms with E-state index in [0.29, 0.717) is 28.5 Å². The molecule has 0 radical (unpaired) electrons. The molecule has 0 atom stereocenters. The number of halogens is 1. The first-order chi connectivity index (χ1) is 16.3. The zero-order valence-electron chi connectivity index (χ0n) is 18.5. The van der Waals surface area contributed by atoms with E-state index in [4.69, 9.17) is 25.8 Å². The van der Waals surface area contributed by atoms with Crippen molar-refractivity contribution in [3.63, 3.8) is 0 Å². The van der Waals surface area contributed by atoms with Crippen LogP contribution in [0.25, 0.3) is 0 Å². The van der Waals surface area contributed by atoms with E-state index in [1.54, 1.807) is 36.4 Å². The van der Waals surface area contributed by atoms with Gasteiger partial charge in [-0.05, 0) is 78.7 Å². The Morgan fingerprint density at radius 2 is 1.74 bits per heavy atom. The Morgan fingerprint density at radius 1 is 1.03 bits per heavy atom. The van der Waals surface area contributed by atoms with E-state index in [2.05, 4.69) is 9.93 Å². The van der Waals surface area contributed by atoms with Crippen molar-refractivity contribution in [2.45, 2.75) is 18.2 Å². The Hall–Kier alpha value is -3.56. The van der Waals surface area contributed by atoms with Crippen molar-refractivity contribution < 1.29 is 27.4 Å². The molecule has 8 nitrogen and oxygen atoms in total. The Labute approximate surface area is 203 Å². The Morgan fingerprint density at radius 3 is 2.38 bits per heavy atom. The minimum atomic E-state index is -3.84. The van der Waals surface area contributed by atoms with Crippen LogP contribution in [0.1, 0.15) is 29.3 Å². The van der Waals surface area contributed by atoms with E-state index in [0.717, 1.165) is 6.42 Å². The third kappa shape index (κ3) is 6.72. The van der Waals surface area contributed by atoms with Gasteiger partial charge in [0.05, 0.1) is 30.4 Å². The van der Waals surface area contributed by atoms with Gasteiger partial charge >= 0.3 is 5.97 Å². The first-order valence-electron chi connectivity index (χ1n) is 10.3. The summed E-state index contributed by atoms with van der Waals surface area (Å²) in [5.74, 6) is 0.599. The molecule has 0 spiro atoms. The maximum Gasteiger partial charge on any atom is 0.343 e. The van der Waals surface area contributed by atoms with Gasteiger partial charge in [0.25, 0.3) is 10.0 Å². The molecule has 3 rings (SSSR count). The number of ether oxygens (including phenoxy) is 3. The van der Waals surface area contributed by atoms with Gasteiger partial charge in [0.1, 0.15) is 5.75 Å². The van der Waals surface area contributed by atoms with E-state index >= 15 is 0 Å². The molecular formula is C24H23ClN2O6S. The molecule has 0 unspecified atom stereocenters. The van der Waals surface area contributed by atoms with Gasteiger partial charge in [0, 0.05) is 5.02 Å². The second-order valence-electron chi connectivity index (χ2n) is 6.98. The summed E-state index contributed by atoms with van der Waals surface area (Å²) in [5, 5.41) is 4.21. The van der Waals surface area contributed by atoms with E-state index in [-0.39, 0.29) is 16.4 Å². The predicted molar refractivity (Wildman–Crippen MR) is 130 cm³/mol. The number of hydrazone groups is 1. The van der Waals surface area contributed by atoms with Crippen LogP contribution in [0.5, 0.6) is 17.2 Å². The highest BCUT2D eigenvalue weighted by molar-refractivity contribution is 7.89. The number of hydrogen-bond donors (Lipinski definition) is 1. The standard InChI is InChI=1S/C24H23ClN2O6S/c1-3-14-32-20-9-5-18(6-10-20)24(28)33-22-13-4-17(15-23(22)31-2)16-26-27-34(29,30)21-11-7-19(25)8-12-21/h4-13,15-16,27H,3,14H2,1-2H3/b26-16-. The molecule has 3 aromatic carbocycles. The highest BCUT2D eigenvalue weighted by Crippen LogP contribution is 2.28. The Balaban J connectivity index is 1.66. The van der Waals surface area contributed by atoms with Crippen LogP contribution >= 0.6 is 11.6 Å². The fraction of sp³-hybridized carbons (Fsp3) is 0.167. The second kappa shape index (κ2) is 11.5. The molecule has 0 aliphatic heterocycles. The first kappa shape index (κ1) is 25.1. The van der Waals surface area contributed by atoms with Gasteiger partial charge in [-0.15, -0.1) is 0 Å². The quantitative estimate of drug-likeness (QED) is 0.187. The normalized spacial score (nSPS) is 11.3. The number of benzene rings is 3. The average molecular weight is 503 g/mol. The summed E-state index contributed by atoms with van der Waals surface area (Å²) < 4.78 is 40.8. The molecule has 0 saturated heterocycles. The maximum absolute atomic E-state index is 12.5. The number of methoxy groups -OCH3 is 1. The van der Waals surface area contributed by atoms with Crippen LogP contribution in [0.2, 0.25) is 5.02 Å². The summed E-state index contributed by atoms with van der Waals surface area (Å²) in [5.41, 5.74) is 0.876. The largest absolute Gasteiger partial charge is 0.494 e. The van der Waals surface area contributed by atoms with Crippen molar-refractivity contribution in [2.24, 2.45) is 5.10 Å². The van der Waals surface area contributed by atoms with Crippen LogP contribution in [0.4, 0.5) is 0 Å². The number of nitrogens with zero attached hydrogens (tertiary/aromatic N) is 1. The summed E-state index contributed by atoms with van der Waals surface area (Å²) in [7, 11) is -2.41. The summed E-state index contributed by atoms with van der Waals surface area (Å²) in [6.07, 6.45) is 2.19. The zero-order chi connectivity index (χ0) is 24.6. The van der Waals surface area contributed by atoms with Gasteiger partial charge in [-0.3, -0.25) is 0 Å². The lowest BCUT2D eigenvalue weighted by atomic mass is 10.2. The molecule has 0 saturated carbocycles. The second-order valence-corrected chi connectivity index (χ2v) is 9.08. The molecule has 0 aliphatic carbocycles. The summed E-state index contributed by atoms with van der Waals surface area (Å²) in [4.78, 5) is 14.7. The Kier molecular flexibility index (Phi) is 8.50. The van der Waals surface area contributed by atoms with Gasteiger partial charge in [-0.25, -0.2) is 9.63 Å².